The quantitative estimate of drug-likeness (QED) is 0.151. The molecule has 0 fully saturated rings. The summed E-state index contributed by atoms with van der Waals surface area (Å²) in [5.41, 5.74) is 9.01. The molecule has 0 saturated heterocycles. The number of anilines is 6. The third-order valence-electron chi connectivity index (χ3n) is 10.7. The summed E-state index contributed by atoms with van der Waals surface area (Å²) in [5.74, 6) is 0. The second-order valence-electron chi connectivity index (χ2n) is 14.0. The summed E-state index contributed by atoms with van der Waals surface area (Å²) in [5, 5.41) is 8.52. The molecule has 0 aliphatic heterocycles. The molecule has 0 radical (unpaired) electrons. The molecular formula is C51H33N3S2. The molecule has 11 rings (SSSR count). The van der Waals surface area contributed by atoms with Crippen LogP contribution in [0.4, 0.5) is 33.6 Å². The molecule has 0 N–H and O–H groups in total. The van der Waals surface area contributed by atoms with Gasteiger partial charge in [0.2, 0.25) is 0 Å². The highest BCUT2D eigenvalue weighted by Crippen LogP contribution is 2.45. The van der Waals surface area contributed by atoms with Crippen LogP contribution in [0.15, 0.2) is 200 Å². The summed E-state index contributed by atoms with van der Waals surface area (Å²) >= 11 is 3.58. The number of rotatable bonds is 7. The number of thiophene rings is 1. The van der Waals surface area contributed by atoms with Gasteiger partial charge in [0.1, 0.15) is 0 Å². The van der Waals surface area contributed by atoms with E-state index in [0.717, 1.165) is 39.1 Å². The average Bonchev–Trinajstić information content (AvgIpc) is 3.86. The van der Waals surface area contributed by atoms with Crippen LogP contribution < -0.4 is 9.80 Å². The summed E-state index contributed by atoms with van der Waals surface area (Å²) in [6, 6.07) is 72.1. The van der Waals surface area contributed by atoms with E-state index in [-0.39, 0.29) is 0 Å². The Morgan fingerprint density at radius 1 is 0.357 bits per heavy atom. The van der Waals surface area contributed by atoms with Crippen LogP contribution in [0, 0.1) is 0 Å². The molecule has 9 aromatic carbocycles. The van der Waals surface area contributed by atoms with Gasteiger partial charge in [-0.15, -0.1) is 11.3 Å². The zero-order valence-corrected chi connectivity index (χ0v) is 31.8. The Balaban J connectivity index is 1.000. The molecule has 3 nitrogen and oxygen atoms in total. The van der Waals surface area contributed by atoms with Crippen LogP contribution in [-0.2, 0) is 0 Å². The number of fused-ring (bicyclic) bond motifs is 7. The van der Waals surface area contributed by atoms with Gasteiger partial charge in [-0.1, -0.05) is 139 Å². The van der Waals surface area contributed by atoms with E-state index in [2.05, 4.69) is 210 Å². The summed E-state index contributed by atoms with van der Waals surface area (Å²) < 4.78 is 3.74. The second-order valence-corrected chi connectivity index (χ2v) is 16.1. The molecule has 264 valence electrons. The van der Waals surface area contributed by atoms with Gasteiger partial charge < -0.3 is 4.90 Å². The zero-order chi connectivity index (χ0) is 37.0. The highest BCUT2D eigenvalue weighted by Gasteiger charge is 2.19. The molecule has 0 aliphatic rings. The normalized spacial score (nSPS) is 11.6. The minimum atomic E-state index is 0.953. The lowest BCUT2D eigenvalue weighted by molar-refractivity contribution is 1.25. The van der Waals surface area contributed by atoms with Gasteiger partial charge in [0, 0.05) is 48.6 Å². The first kappa shape index (κ1) is 32.6. The van der Waals surface area contributed by atoms with Gasteiger partial charge in [-0.25, -0.2) is 4.98 Å². The van der Waals surface area contributed by atoms with Crippen LogP contribution in [0.2, 0.25) is 0 Å². The zero-order valence-electron chi connectivity index (χ0n) is 30.2. The summed E-state index contributed by atoms with van der Waals surface area (Å²) in [7, 11) is 0. The van der Waals surface area contributed by atoms with Crippen molar-refractivity contribution in [3.05, 3.63) is 200 Å². The Morgan fingerprint density at radius 2 is 0.964 bits per heavy atom. The van der Waals surface area contributed by atoms with Crippen molar-refractivity contribution in [2.75, 3.05) is 9.80 Å². The van der Waals surface area contributed by atoms with Crippen LogP contribution in [0.1, 0.15) is 0 Å². The number of hydrogen-bond acceptors (Lipinski definition) is 5. The van der Waals surface area contributed by atoms with Crippen molar-refractivity contribution < 1.29 is 0 Å². The van der Waals surface area contributed by atoms with Crippen molar-refractivity contribution in [1.29, 1.82) is 0 Å². The maximum Gasteiger partial charge on any atom is 0.195 e. The molecule has 2 aromatic heterocycles. The van der Waals surface area contributed by atoms with Gasteiger partial charge in [-0.3, -0.25) is 4.90 Å². The number of hydrogen-bond donors (Lipinski definition) is 0. The van der Waals surface area contributed by atoms with Crippen LogP contribution in [0.3, 0.4) is 0 Å². The lowest BCUT2D eigenvalue weighted by Gasteiger charge is -2.26. The van der Waals surface area contributed by atoms with Crippen molar-refractivity contribution in [3.63, 3.8) is 0 Å². The van der Waals surface area contributed by atoms with Crippen molar-refractivity contribution in [2.45, 2.75) is 0 Å². The van der Waals surface area contributed by atoms with Crippen molar-refractivity contribution in [3.8, 4) is 11.1 Å². The predicted molar refractivity (Wildman–Crippen MR) is 242 cm³/mol. The predicted octanol–water partition coefficient (Wildman–Crippen LogP) is 15.6. The second kappa shape index (κ2) is 13.5. The minimum Gasteiger partial charge on any atom is -0.310 e. The van der Waals surface area contributed by atoms with E-state index >= 15 is 0 Å². The van der Waals surface area contributed by atoms with Crippen molar-refractivity contribution in [2.24, 2.45) is 0 Å². The Labute approximate surface area is 332 Å². The molecule has 11 aromatic rings. The molecule has 0 aliphatic carbocycles. The molecule has 0 saturated carbocycles. The highest BCUT2D eigenvalue weighted by atomic mass is 32.1. The molecule has 5 heteroatoms. The first-order chi connectivity index (χ1) is 27.7. The fourth-order valence-corrected chi connectivity index (χ4v) is 10.3. The third kappa shape index (κ3) is 5.60. The molecule has 0 atom stereocenters. The van der Waals surface area contributed by atoms with Gasteiger partial charge in [-0.2, -0.15) is 0 Å². The van der Waals surface area contributed by atoms with Gasteiger partial charge in [-0.05, 0) is 105 Å². The number of para-hydroxylation sites is 3. The minimum absolute atomic E-state index is 0.953. The van der Waals surface area contributed by atoms with E-state index in [9.17, 15) is 0 Å². The van der Waals surface area contributed by atoms with E-state index in [4.69, 9.17) is 4.98 Å². The molecular weight excluding hydrogens is 719 g/mol. The topological polar surface area (TPSA) is 19.4 Å². The third-order valence-corrected chi connectivity index (χ3v) is 12.9. The van der Waals surface area contributed by atoms with Gasteiger partial charge >= 0.3 is 0 Å². The van der Waals surface area contributed by atoms with Crippen LogP contribution in [0.5, 0.6) is 0 Å². The lowest BCUT2D eigenvalue weighted by atomic mass is 10.0. The number of thiazole rings is 1. The molecule has 0 bridgehead atoms. The molecule has 56 heavy (non-hydrogen) atoms. The Morgan fingerprint density at radius 3 is 1.77 bits per heavy atom. The summed E-state index contributed by atoms with van der Waals surface area (Å²) in [4.78, 5) is 9.68. The standard InChI is InChI=1S/C51H33N3S2/c1-3-13-37(14-4-1)53(40-29-26-36-23-22-34-12-7-8-17-42(34)46(36)32-40)41-30-31-44-45-19-11-18-43(50(45)55-49(44)33-41)35-24-27-39(28-25-35)54(38-15-5-2-6-16-38)51-52-47-20-9-10-21-48(47)56-51/h1-33H. The monoisotopic (exact) mass is 751 g/mol. The Bertz CT molecular complexity index is 3170. The molecule has 0 amide bonds. The van der Waals surface area contributed by atoms with Crippen LogP contribution >= 0.6 is 22.7 Å². The van der Waals surface area contributed by atoms with E-state index in [1.54, 1.807) is 11.3 Å². The van der Waals surface area contributed by atoms with E-state index in [1.807, 2.05) is 11.3 Å². The van der Waals surface area contributed by atoms with E-state index in [0.29, 0.717) is 0 Å². The molecule has 0 spiro atoms. The van der Waals surface area contributed by atoms with Gasteiger partial charge in [0.25, 0.3) is 0 Å². The largest absolute Gasteiger partial charge is 0.310 e. The fourth-order valence-electron chi connectivity index (χ4n) is 8.00. The van der Waals surface area contributed by atoms with Gasteiger partial charge in [0.05, 0.1) is 10.2 Å². The maximum absolute atomic E-state index is 5.04. The average molecular weight is 752 g/mol. The molecule has 0 unspecified atom stereocenters. The Kier molecular flexibility index (Phi) is 7.87. The fraction of sp³-hybridized carbons (Fsp3) is 0. The van der Waals surface area contributed by atoms with Crippen molar-refractivity contribution in [1.82, 2.24) is 4.98 Å². The highest BCUT2D eigenvalue weighted by molar-refractivity contribution is 7.26. The Hall–Kier alpha value is -6.79. The van der Waals surface area contributed by atoms with Crippen LogP contribution in [0.25, 0.3) is 63.1 Å². The van der Waals surface area contributed by atoms with Crippen molar-refractivity contribution >= 4 is 108 Å². The number of nitrogens with zero attached hydrogens (tertiary/aromatic N) is 3. The summed E-state index contributed by atoms with van der Waals surface area (Å²) in [6.45, 7) is 0. The summed E-state index contributed by atoms with van der Waals surface area (Å²) in [6.07, 6.45) is 0. The van der Waals surface area contributed by atoms with E-state index in [1.165, 1.54) is 57.5 Å². The number of benzene rings is 9. The SMILES string of the molecule is c1ccc(N(c2ccc3c(c2)sc2c(-c4ccc(N(c5ccccc5)c5nc6ccccc6s5)cc4)cccc23)c2ccc3ccc4ccccc4c3c2)cc1. The lowest BCUT2D eigenvalue weighted by Crippen LogP contribution is -2.09. The first-order valence-electron chi connectivity index (χ1n) is 18.8. The molecule has 2 heterocycles. The maximum atomic E-state index is 5.04. The van der Waals surface area contributed by atoms with Gasteiger partial charge in [0.15, 0.2) is 5.13 Å². The smallest absolute Gasteiger partial charge is 0.195 e. The van der Waals surface area contributed by atoms with E-state index < -0.39 is 0 Å². The number of aromatic nitrogens is 1. The van der Waals surface area contributed by atoms with Crippen LogP contribution in [-0.4, -0.2) is 4.98 Å². The first-order valence-corrected chi connectivity index (χ1v) is 20.4.